The molecule has 1 fully saturated rings. The van der Waals surface area contributed by atoms with Crippen LogP contribution in [-0.4, -0.2) is 29.5 Å². The van der Waals surface area contributed by atoms with E-state index < -0.39 is 0 Å². The highest BCUT2D eigenvalue weighted by atomic mass is 32.1. The molecule has 0 atom stereocenters. The van der Waals surface area contributed by atoms with Crippen molar-refractivity contribution in [2.75, 3.05) is 19.6 Å². The van der Waals surface area contributed by atoms with E-state index in [4.69, 9.17) is 4.98 Å². The lowest BCUT2D eigenvalue weighted by molar-refractivity contribution is 0.151. The highest BCUT2D eigenvalue weighted by Gasteiger charge is 2.21. The third kappa shape index (κ3) is 4.55. The molecule has 0 radical (unpaired) electrons. The van der Waals surface area contributed by atoms with Crippen LogP contribution in [0.3, 0.4) is 0 Å². The van der Waals surface area contributed by atoms with Gasteiger partial charge in [-0.1, -0.05) is 20.8 Å². The molecule has 0 saturated carbocycles. The van der Waals surface area contributed by atoms with Crippen LogP contribution in [0, 0.1) is 11.8 Å². The average molecular weight is 281 g/mol. The Kier molecular flexibility index (Phi) is 5.79. The molecule has 0 bridgehead atoms. The van der Waals surface area contributed by atoms with Gasteiger partial charge in [0.05, 0.1) is 5.69 Å². The molecule has 0 unspecified atom stereocenters. The van der Waals surface area contributed by atoms with Crippen molar-refractivity contribution in [3.63, 3.8) is 0 Å². The van der Waals surface area contributed by atoms with E-state index in [0.717, 1.165) is 31.5 Å². The van der Waals surface area contributed by atoms with Crippen LogP contribution < -0.4 is 5.32 Å². The van der Waals surface area contributed by atoms with E-state index in [1.807, 2.05) is 0 Å². The number of piperidine rings is 1. The molecule has 2 rings (SSSR count). The molecule has 1 saturated heterocycles. The van der Waals surface area contributed by atoms with Crippen LogP contribution in [0.4, 0.5) is 0 Å². The molecule has 0 aromatic carbocycles. The molecule has 19 heavy (non-hydrogen) atoms. The number of hydrogen-bond acceptors (Lipinski definition) is 4. The highest BCUT2D eigenvalue weighted by molar-refractivity contribution is 7.09. The van der Waals surface area contributed by atoms with Crippen LogP contribution in [0.5, 0.6) is 0 Å². The van der Waals surface area contributed by atoms with Gasteiger partial charge in [0, 0.05) is 18.5 Å². The topological polar surface area (TPSA) is 28.2 Å². The Morgan fingerprint density at radius 3 is 2.79 bits per heavy atom. The fourth-order valence-electron chi connectivity index (χ4n) is 2.74. The van der Waals surface area contributed by atoms with E-state index in [1.54, 1.807) is 11.3 Å². The van der Waals surface area contributed by atoms with E-state index in [2.05, 4.69) is 36.4 Å². The van der Waals surface area contributed by atoms with Gasteiger partial charge >= 0.3 is 0 Å². The molecular formula is C15H27N3S. The highest BCUT2D eigenvalue weighted by Crippen LogP contribution is 2.25. The van der Waals surface area contributed by atoms with E-state index in [1.165, 1.54) is 36.6 Å². The Hall–Kier alpha value is -0.450. The molecule has 0 amide bonds. The van der Waals surface area contributed by atoms with E-state index in [9.17, 15) is 0 Å². The van der Waals surface area contributed by atoms with Gasteiger partial charge in [0.25, 0.3) is 0 Å². The van der Waals surface area contributed by atoms with Gasteiger partial charge in [-0.25, -0.2) is 4.98 Å². The van der Waals surface area contributed by atoms with Gasteiger partial charge in [-0.05, 0) is 44.3 Å². The summed E-state index contributed by atoms with van der Waals surface area (Å²) in [6.07, 6.45) is 2.71. The number of nitrogens with zero attached hydrogens (tertiary/aromatic N) is 2. The molecule has 3 nitrogen and oxygen atoms in total. The minimum atomic E-state index is 0.841. The first-order chi connectivity index (χ1) is 9.19. The largest absolute Gasteiger partial charge is 0.311 e. The van der Waals surface area contributed by atoms with E-state index >= 15 is 0 Å². The van der Waals surface area contributed by atoms with Crippen molar-refractivity contribution in [2.45, 2.75) is 46.7 Å². The molecule has 4 heteroatoms. The average Bonchev–Trinajstić information content (AvgIpc) is 2.84. The van der Waals surface area contributed by atoms with Crippen LogP contribution in [0.25, 0.3) is 0 Å². The van der Waals surface area contributed by atoms with Gasteiger partial charge in [-0.15, -0.1) is 11.3 Å². The van der Waals surface area contributed by atoms with Crippen molar-refractivity contribution in [1.29, 1.82) is 0 Å². The molecule has 0 spiro atoms. The minimum absolute atomic E-state index is 0.841. The van der Waals surface area contributed by atoms with Crippen LogP contribution >= 0.6 is 11.3 Å². The molecule has 1 aromatic heterocycles. The molecule has 2 heterocycles. The lowest BCUT2D eigenvalue weighted by Crippen LogP contribution is -2.34. The zero-order chi connectivity index (χ0) is 13.7. The summed E-state index contributed by atoms with van der Waals surface area (Å²) in [5.74, 6) is 1.77. The fourth-order valence-corrected chi connectivity index (χ4v) is 3.50. The van der Waals surface area contributed by atoms with Gasteiger partial charge in [0.1, 0.15) is 5.01 Å². The van der Waals surface area contributed by atoms with Gasteiger partial charge in [-0.2, -0.15) is 0 Å². The smallest absolute Gasteiger partial charge is 0.107 e. The lowest BCUT2D eigenvalue weighted by atomic mass is 9.87. The van der Waals surface area contributed by atoms with E-state index in [0.29, 0.717) is 0 Å². The summed E-state index contributed by atoms with van der Waals surface area (Å²) < 4.78 is 0. The molecule has 1 aliphatic rings. The Balaban J connectivity index is 1.77. The van der Waals surface area contributed by atoms with Crippen molar-refractivity contribution < 1.29 is 0 Å². The maximum atomic E-state index is 4.71. The summed E-state index contributed by atoms with van der Waals surface area (Å²) in [6.45, 7) is 12.3. The third-order valence-electron chi connectivity index (χ3n) is 4.09. The first-order valence-electron chi connectivity index (χ1n) is 7.55. The van der Waals surface area contributed by atoms with Gasteiger partial charge in [-0.3, -0.25) is 4.90 Å². The monoisotopic (exact) mass is 281 g/mol. The first-order valence-corrected chi connectivity index (χ1v) is 8.43. The minimum Gasteiger partial charge on any atom is -0.311 e. The standard InChI is InChI=1S/C15H27N3S/c1-4-16-9-15-17-14(11-19-15)10-18-7-5-13(6-8-18)12(2)3/h11-13,16H,4-10H2,1-3H3. The number of rotatable bonds is 6. The van der Waals surface area contributed by atoms with Crippen molar-refractivity contribution in [3.8, 4) is 0 Å². The predicted molar refractivity (Wildman–Crippen MR) is 82.3 cm³/mol. The summed E-state index contributed by atoms with van der Waals surface area (Å²) in [5.41, 5.74) is 1.25. The van der Waals surface area contributed by atoms with Gasteiger partial charge < -0.3 is 5.32 Å². The quantitative estimate of drug-likeness (QED) is 0.868. The molecule has 1 aliphatic heterocycles. The normalized spacial score (nSPS) is 18.3. The summed E-state index contributed by atoms with van der Waals surface area (Å²) in [4.78, 5) is 7.27. The number of nitrogens with one attached hydrogen (secondary N) is 1. The summed E-state index contributed by atoms with van der Waals surface area (Å²) in [7, 11) is 0. The Morgan fingerprint density at radius 2 is 2.16 bits per heavy atom. The first kappa shape index (κ1) is 14.9. The van der Waals surface area contributed by atoms with Crippen LogP contribution in [0.2, 0.25) is 0 Å². The van der Waals surface area contributed by atoms with Crippen LogP contribution in [-0.2, 0) is 13.1 Å². The Morgan fingerprint density at radius 1 is 1.42 bits per heavy atom. The van der Waals surface area contributed by atoms with Gasteiger partial charge in [0.2, 0.25) is 0 Å². The maximum absolute atomic E-state index is 4.71. The Labute approximate surface area is 121 Å². The second-order valence-corrected chi connectivity index (χ2v) is 6.81. The summed E-state index contributed by atoms with van der Waals surface area (Å²) >= 11 is 1.78. The number of hydrogen-bond donors (Lipinski definition) is 1. The molecule has 1 N–H and O–H groups in total. The van der Waals surface area contributed by atoms with E-state index in [-0.39, 0.29) is 0 Å². The van der Waals surface area contributed by atoms with Crippen LogP contribution in [0.1, 0.15) is 44.3 Å². The molecule has 108 valence electrons. The lowest BCUT2D eigenvalue weighted by Gasteiger charge is -2.33. The maximum Gasteiger partial charge on any atom is 0.107 e. The molecule has 0 aliphatic carbocycles. The molecule has 1 aromatic rings. The van der Waals surface area contributed by atoms with Crippen molar-refractivity contribution >= 4 is 11.3 Å². The van der Waals surface area contributed by atoms with Crippen molar-refractivity contribution in [1.82, 2.24) is 15.2 Å². The Bertz CT molecular complexity index is 367. The van der Waals surface area contributed by atoms with Gasteiger partial charge in [0.15, 0.2) is 0 Å². The van der Waals surface area contributed by atoms with Crippen molar-refractivity contribution in [2.24, 2.45) is 11.8 Å². The van der Waals surface area contributed by atoms with Crippen molar-refractivity contribution in [3.05, 3.63) is 16.1 Å². The summed E-state index contributed by atoms with van der Waals surface area (Å²) in [6, 6.07) is 0. The third-order valence-corrected chi connectivity index (χ3v) is 4.98. The second-order valence-electron chi connectivity index (χ2n) is 5.87. The number of likely N-dealkylation sites (tertiary alicyclic amines) is 1. The zero-order valence-electron chi connectivity index (χ0n) is 12.5. The number of thiazole rings is 1. The van der Waals surface area contributed by atoms with Crippen LogP contribution in [0.15, 0.2) is 5.38 Å². The SMILES string of the molecule is CCNCc1nc(CN2CCC(C(C)C)CC2)cs1. The predicted octanol–water partition coefficient (Wildman–Crippen LogP) is 3.12. The number of aromatic nitrogens is 1. The second kappa shape index (κ2) is 7.36. The molecular weight excluding hydrogens is 254 g/mol. The zero-order valence-corrected chi connectivity index (χ0v) is 13.3. The summed E-state index contributed by atoms with van der Waals surface area (Å²) in [5, 5.41) is 6.77. The fraction of sp³-hybridized carbons (Fsp3) is 0.800.